The quantitative estimate of drug-likeness (QED) is 0.527. The molecule has 0 unspecified atom stereocenters. The standard InChI is InChI=1S/C21H18B3F3O6/c1-28-19-7-4-13(10-16(19)25)22-31-23(14-5-8-20(29-2)17(26)11-14)33-24(32-22)15-6-9-21(30-3)18(27)12-15/h4-12H,1-3H3. The molecule has 0 aliphatic carbocycles. The summed E-state index contributed by atoms with van der Waals surface area (Å²) >= 11 is 0. The van der Waals surface area contributed by atoms with E-state index in [1.165, 1.54) is 57.7 Å². The summed E-state index contributed by atoms with van der Waals surface area (Å²) in [4.78, 5) is 0. The average Bonchev–Trinajstić information content (AvgIpc) is 2.83. The second-order valence-corrected chi connectivity index (χ2v) is 7.09. The smallest absolute Gasteiger partial charge is 0.467 e. The van der Waals surface area contributed by atoms with Crippen LogP contribution in [0.4, 0.5) is 13.2 Å². The fraction of sp³-hybridized carbons (Fsp3) is 0.143. The van der Waals surface area contributed by atoms with Crippen LogP contribution in [0.3, 0.4) is 0 Å². The molecule has 4 rings (SSSR count). The van der Waals surface area contributed by atoms with Gasteiger partial charge in [-0.25, -0.2) is 13.2 Å². The molecule has 3 aromatic rings. The number of hydrogen-bond donors (Lipinski definition) is 0. The molecular formula is C21H18B3F3O6. The molecule has 1 fully saturated rings. The van der Waals surface area contributed by atoms with E-state index in [-0.39, 0.29) is 17.2 Å². The first-order chi connectivity index (χ1) is 15.9. The third-order valence-electron chi connectivity index (χ3n) is 5.09. The normalized spacial score (nSPS) is 13.8. The maximum absolute atomic E-state index is 14.3. The van der Waals surface area contributed by atoms with Gasteiger partial charge in [-0.05, 0) is 52.8 Å². The molecule has 0 atom stereocenters. The number of ether oxygens (including phenoxy) is 3. The van der Waals surface area contributed by atoms with E-state index in [1.54, 1.807) is 18.2 Å². The maximum atomic E-state index is 14.3. The predicted octanol–water partition coefficient (Wildman–Crippen LogP) is 1.68. The Balaban J connectivity index is 1.70. The fourth-order valence-electron chi connectivity index (χ4n) is 3.39. The van der Waals surface area contributed by atoms with Crippen LogP contribution in [0.5, 0.6) is 17.2 Å². The summed E-state index contributed by atoms with van der Waals surface area (Å²) in [6, 6.07) is 12.6. The average molecular weight is 456 g/mol. The highest BCUT2D eigenvalue weighted by atomic mass is 19.1. The SMILES string of the molecule is COc1ccc(B2OB(c3ccc(OC)c(F)c3)OB(c3ccc(OC)c(F)c3)O2)cc1F. The van der Waals surface area contributed by atoms with E-state index in [1.807, 2.05) is 0 Å². The molecule has 0 saturated carbocycles. The first-order valence-corrected chi connectivity index (χ1v) is 9.90. The van der Waals surface area contributed by atoms with Crippen molar-refractivity contribution >= 4 is 37.7 Å². The lowest BCUT2D eigenvalue weighted by molar-refractivity contribution is 0.308. The number of methoxy groups -OCH3 is 3. The molecule has 0 bridgehead atoms. The molecule has 6 nitrogen and oxygen atoms in total. The second-order valence-electron chi connectivity index (χ2n) is 7.09. The van der Waals surface area contributed by atoms with Crippen molar-refractivity contribution < 1.29 is 41.1 Å². The van der Waals surface area contributed by atoms with Crippen LogP contribution >= 0.6 is 0 Å². The second kappa shape index (κ2) is 9.82. The summed E-state index contributed by atoms with van der Waals surface area (Å²) in [7, 11) is 0.727. The Morgan fingerprint density at radius 3 is 1.00 bits per heavy atom. The Labute approximate surface area is 189 Å². The molecular weight excluding hydrogens is 438 g/mol. The van der Waals surface area contributed by atoms with Gasteiger partial charge in [-0.3, -0.25) is 0 Å². The Kier molecular flexibility index (Phi) is 6.87. The minimum atomic E-state index is -1.11. The molecule has 0 N–H and O–H groups in total. The van der Waals surface area contributed by atoms with Gasteiger partial charge >= 0.3 is 21.4 Å². The van der Waals surface area contributed by atoms with Crippen LogP contribution in [0.25, 0.3) is 0 Å². The van der Waals surface area contributed by atoms with Crippen LogP contribution in [0, 0.1) is 17.5 Å². The molecule has 12 heteroatoms. The molecule has 33 heavy (non-hydrogen) atoms. The van der Waals surface area contributed by atoms with Crippen LogP contribution < -0.4 is 30.6 Å². The molecule has 3 aromatic carbocycles. The lowest BCUT2D eigenvalue weighted by Crippen LogP contribution is -2.61. The minimum absolute atomic E-state index is 0.0494. The molecule has 1 saturated heterocycles. The minimum Gasteiger partial charge on any atom is -0.494 e. The Morgan fingerprint density at radius 1 is 0.515 bits per heavy atom. The van der Waals surface area contributed by atoms with Crippen LogP contribution in [0.15, 0.2) is 54.6 Å². The predicted molar refractivity (Wildman–Crippen MR) is 118 cm³/mol. The highest BCUT2D eigenvalue weighted by Crippen LogP contribution is 2.20. The van der Waals surface area contributed by atoms with Gasteiger partial charge in [0.2, 0.25) is 0 Å². The van der Waals surface area contributed by atoms with E-state index in [4.69, 9.17) is 27.9 Å². The number of hydrogen-bond acceptors (Lipinski definition) is 6. The van der Waals surface area contributed by atoms with Crippen molar-refractivity contribution in [1.29, 1.82) is 0 Å². The van der Waals surface area contributed by atoms with Crippen molar-refractivity contribution in [1.82, 2.24) is 0 Å². The van der Waals surface area contributed by atoms with Gasteiger partial charge in [-0.1, -0.05) is 18.2 Å². The van der Waals surface area contributed by atoms with Crippen LogP contribution in [0.1, 0.15) is 0 Å². The molecule has 0 amide bonds. The van der Waals surface area contributed by atoms with Gasteiger partial charge in [0.1, 0.15) is 0 Å². The van der Waals surface area contributed by atoms with E-state index in [0.717, 1.165) is 0 Å². The van der Waals surface area contributed by atoms with Crippen molar-refractivity contribution in [3.8, 4) is 17.2 Å². The third-order valence-corrected chi connectivity index (χ3v) is 5.09. The zero-order chi connectivity index (χ0) is 23.5. The van der Waals surface area contributed by atoms with E-state index >= 15 is 0 Å². The number of benzene rings is 3. The van der Waals surface area contributed by atoms with E-state index < -0.39 is 38.8 Å². The Bertz CT molecular complexity index is 1000. The van der Waals surface area contributed by atoms with Crippen LogP contribution in [0.2, 0.25) is 0 Å². The fourth-order valence-corrected chi connectivity index (χ4v) is 3.39. The van der Waals surface area contributed by atoms with Gasteiger partial charge in [0, 0.05) is 0 Å². The summed E-state index contributed by atoms with van der Waals surface area (Å²) in [5.74, 6) is -1.71. The van der Waals surface area contributed by atoms with Gasteiger partial charge in [-0.2, -0.15) is 0 Å². The maximum Gasteiger partial charge on any atom is 0.467 e. The summed E-state index contributed by atoms with van der Waals surface area (Å²) in [5, 5.41) is 0. The molecule has 1 aliphatic rings. The van der Waals surface area contributed by atoms with E-state index in [0.29, 0.717) is 16.4 Å². The first kappa shape index (κ1) is 23.1. The lowest BCUT2D eigenvalue weighted by Gasteiger charge is -2.31. The van der Waals surface area contributed by atoms with E-state index in [2.05, 4.69) is 0 Å². The summed E-state index contributed by atoms with van der Waals surface area (Å²) in [6.45, 7) is 0. The van der Waals surface area contributed by atoms with E-state index in [9.17, 15) is 13.2 Å². The topological polar surface area (TPSA) is 55.4 Å². The van der Waals surface area contributed by atoms with Gasteiger partial charge in [0.05, 0.1) is 21.3 Å². The lowest BCUT2D eigenvalue weighted by atomic mass is 9.61. The highest BCUT2D eigenvalue weighted by molar-refractivity contribution is 6.87. The molecule has 0 radical (unpaired) electrons. The molecule has 1 aliphatic heterocycles. The molecule has 0 spiro atoms. The number of rotatable bonds is 6. The molecule has 0 aromatic heterocycles. The van der Waals surface area contributed by atoms with Crippen molar-refractivity contribution in [3.63, 3.8) is 0 Å². The summed E-state index contributed by atoms with van der Waals surface area (Å²) in [5.41, 5.74) is 0.985. The molecule has 1 heterocycles. The van der Waals surface area contributed by atoms with Crippen LogP contribution in [-0.4, -0.2) is 42.7 Å². The van der Waals surface area contributed by atoms with Gasteiger partial charge in [0.15, 0.2) is 34.7 Å². The first-order valence-electron chi connectivity index (χ1n) is 9.90. The van der Waals surface area contributed by atoms with Crippen molar-refractivity contribution in [2.75, 3.05) is 21.3 Å². The monoisotopic (exact) mass is 456 g/mol. The highest BCUT2D eigenvalue weighted by Gasteiger charge is 2.44. The van der Waals surface area contributed by atoms with Gasteiger partial charge in [-0.15, -0.1) is 0 Å². The Morgan fingerprint density at radius 2 is 0.788 bits per heavy atom. The zero-order valence-electron chi connectivity index (χ0n) is 18.0. The van der Waals surface area contributed by atoms with Crippen molar-refractivity contribution in [2.45, 2.75) is 0 Å². The molecule has 168 valence electrons. The largest absolute Gasteiger partial charge is 0.494 e. The van der Waals surface area contributed by atoms with Gasteiger partial charge < -0.3 is 27.9 Å². The van der Waals surface area contributed by atoms with Crippen molar-refractivity contribution in [2.24, 2.45) is 0 Å². The number of halogens is 3. The van der Waals surface area contributed by atoms with Crippen molar-refractivity contribution in [3.05, 3.63) is 72.0 Å². The van der Waals surface area contributed by atoms with Crippen LogP contribution in [-0.2, 0) is 13.7 Å². The summed E-state index contributed by atoms with van der Waals surface area (Å²) < 4.78 is 75.4. The van der Waals surface area contributed by atoms with Gasteiger partial charge in [0.25, 0.3) is 0 Å². The third kappa shape index (κ3) is 4.82. The Hall–Kier alpha value is -3.08. The summed E-state index contributed by atoms with van der Waals surface area (Å²) in [6.07, 6.45) is 0. The zero-order valence-corrected chi connectivity index (χ0v) is 18.0.